The molecular formula is C23H26N4O6S. The van der Waals surface area contributed by atoms with Gasteiger partial charge in [-0.1, -0.05) is 11.3 Å². The fourth-order valence-corrected chi connectivity index (χ4v) is 5.69. The summed E-state index contributed by atoms with van der Waals surface area (Å²) in [4.78, 5) is 36.8. The number of nitrogens with zero attached hydrogens (tertiary/aromatic N) is 4. The van der Waals surface area contributed by atoms with Crippen LogP contribution < -0.4 is 15.0 Å². The number of hydrogen-bond acceptors (Lipinski definition) is 8. The lowest BCUT2D eigenvalue weighted by molar-refractivity contribution is -0.0562. The van der Waals surface area contributed by atoms with Crippen molar-refractivity contribution in [3.63, 3.8) is 0 Å². The quantitative estimate of drug-likeness (QED) is 0.565. The Bertz CT molecular complexity index is 1310. The maximum absolute atomic E-state index is 13.7. The number of likely N-dealkylation sites (tertiary alicyclic amines) is 1. The first-order valence-electron chi connectivity index (χ1n) is 11.0. The van der Waals surface area contributed by atoms with E-state index in [0.29, 0.717) is 53.3 Å². The fraction of sp³-hybridized carbons (Fsp3) is 0.478. The van der Waals surface area contributed by atoms with Crippen LogP contribution in [0.15, 0.2) is 23.0 Å². The average molecular weight is 487 g/mol. The summed E-state index contributed by atoms with van der Waals surface area (Å²) in [7, 11) is 3.16. The van der Waals surface area contributed by atoms with Crippen molar-refractivity contribution in [1.82, 2.24) is 19.4 Å². The Balaban J connectivity index is 1.63. The van der Waals surface area contributed by atoms with E-state index in [1.807, 2.05) is 19.1 Å². The normalized spacial score (nSPS) is 19.3. The van der Waals surface area contributed by atoms with E-state index in [1.54, 1.807) is 24.9 Å². The molecule has 2 saturated heterocycles. The second kappa shape index (κ2) is 8.55. The molecule has 0 saturated carbocycles. The molecule has 10 nitrogen and oxygen atoms in total. The summed E-state index contributed by atoms with van der Waals surface area (Å²) >= 11 is 1.30. The number of ether oxygens (including phenoxy) is 3. The van der Waals surface area contributed by atoms with Gasteiger partial charge in [0.1, 0.15) is 22.3 Å². The van der Waals surface area contributed by atoms with Crippen LogP contribution >= 0.6 is 11.3 Å². The number of benzene rings is 1. The lowest BCUT2D eigenvalue weighted by Gasteiger charge is -2.38. The number of aromatic nitrogens is 3. The highest BCUT2D eigenvalue weighted by Gasteiger charge is 2.41. The molecule has 0 bridgehead atoms. The molecule has 1 atom stereocenters. The van der Waals surface area contributed by atoms with E-state index in [0.717, 1.165) is 12.0 Å². The van der Waals surface area contributed by atoms with Crippen molar-refractivity contribution in [2.45, 2.75) is 37.8 Å². The van der Waals surface area contributed by atoms with Crippen molar-refractivity contribution in [1.29, 1.82) is 0 Å². The summed E-state index contributed by atoms with van der Waals surface area (Å²) in [5.41, 5.74) is 0.406. The number of methoxy groups -OCH3 is 2. The largest absolute Gasteiger partial charge is 0.497 e. The molecule has 180 valence electrons. The van der Waals surface area contributed by atoms with Crippen molar-refractivity contribution >= 4 is 27.8 Å². The minimum Gasteiger partial charge on any atom is -0.497 e. The van der Waals surface area contributed by atoms with E-state index >= 15 is 0 Å². The standard InChI is InChI=1S/C23H26N4O6S/c1-23(11-33-12-23)21-25-19-17(24-18(34-19)15-5-4-8-26(15)22(29)30)20(28)27(21)10-13-6-7-14(31-2)9-16(13)32-3/h6-7,9,15H,4-5,8,10-12H2,1-3H3,(H,29,30)/t15-/m1/s1. The van der Waals surface area contributed by atoms with Crippen LogP contribution in [0.3, 0.4) is 0 Å². The van der Waals surface area contributed by atoms with Gasteiger partial charge in [-0.3, -0.25) is 14.3 Å². The zero-order valence-corrected chi connectivity index (χ0v) is 20.1. The van der Waals surface area contributed by atoms with Gasteiger partial charge in [-0.05, 0) is 31.9 Å². The number of hydrogen-bond donors (Lipinski definition) is 1. The number of carbonyl (C=O) groups is 1. The Morgan fingerprint density at radius 1 is 1.29 bits per heavy atom. The maximum Gasteiger partial charge on any atom is 0.407 e. The van der Waals surface area contributed by atoms with Crippen molar-refractivity contribution < 1.29 is 24.1 Å². The van der Waals surface area contributed by atoms with E-state index in [2.05, 4.69) is 4.98 Å². The van der Waals surface area contributed by atoms with Crippen molar-refractivity contribution in [3.8, 4) is 11.5 Å². The predicted octanol–water partition coefficient (Wildman–Crippen LogP) is 3.02. The number of rotatable bonds is 6. The van der Waals surface area contributed by atoms with E-state index < -0.39 is 11.5 Å². The summed E-state index contributed by atoms with van der Waals surface area (Å²) < 4.78 is 17.9. The lowest BCUT2D eigenvalue weighted by atomic mass is 9.87. The molecule has 2 fully saturated rings. The summed E-state index contributed by atoms with van der Waals surface area (Å²) in [6, 6.07) is 5.12. The topological polar surface area (TPSA) is 116 Å². The van der Waals surface area contributed by atoms with Gasteiger partial charge in [-0.15, -0.1) is 0 Å². The first kappa shape index (κ1) is 22.6. The highest BCUT2D eigenvalue weighted by atomic mass is 32.1. The van der Waals surface area contributed by atoms with Crippen molar-refractivity contribution in [2.75, 3.05) is 34.0 Å². The minimum atomic E-state index is -0.974. The van der Waals surface area contributed by atoms with Crippen LogP contribution in [0.2, 0.25) is 0 Å². The van der Waals surface area contributed by atoms with Crippen molar-refractivity contribution in [3.05, 3.63) is 44.9 Å². The molecule has 34 heavy (non-hydrogen) atoms. The van der Waals surface area contributed by atoms with E-state index in [9.17, 15) is 14.7 Å². The van der Waals surface area contributed by atoms with E-state index in [1.165, 1.54) is 16.2 Å². The summed E-state index contributed by atoms with van der Waals surface area (Å²) in [5.74, 6) is 1.89. The second-order valence-corrected chi connectivity index (χ2v) is 9.91. The highest BCUT2D eigenvalue weighted by Crippen LogP contribution is 2.37. The highest BCUT2D eigenvalue weighted by molar-refractivity contribution is 7.18. The molecule has 0 aliphatic carbocycles. The number of fused-ring (bicyclic) bond motifs is 1. The van der Waals surface area contributed by atoms with Crippen LogP contribution in [-0.2, 0) is 16.7 Å². The predicted molar refractivity (Wildman–Crippen MR) is 125 cm³/mol. The van der Waals surface area contributed by atoms with Gasteiger partial charge in [0.05, 0.1) is 45.4 Å². The molecular weight excluding hydrogens is 460 g/mol. The third-order valence-corrected chi connectivity index (χ3v) is 7.57. The van der Waals surface area contributed by atoms with Crippen LogP contribution in [-0.4, -0.2) is 64.6 Å². The SMILES string of the molecule is COc1ccc(Cn2c(C3(C)COC3)nc3sc([C@H]4CCCN4C(=O)O)nc3c2=O)c(OC)c1. The van der Waals surface area contributed by atoms with Gasteiger partial charge >= 0.3 is 6.09 Å². The molecule has 1 amide bonds. The number of amides is 1. The molecule has 11 heteroatoms. The average Bonchev–Trinajstić information content (AvgIpc) is 3.46. The third-order valence-electron chi connectivity index (χ3n) is 6.52. The monoisotopic (exact) mass is 486 g/mol. The van der Waals surface area contributed by atoms with Gasteiger partial charge in [0.25, 0.3) is 5.56 Å². The molecule has 3 aromatic rings. The van der Waals surface area contributed by atoms with Gasteiger partial charge in [0.2, 0.25) is 0 Å². The fourth-order valence-electron chi connectivity index (χ4n) is 4.62. The van der Waals surface area contributed by atoms with Gasteiger partial charge in [0, 0.05) is 18.2 Å². The summed E-state index contributed by atoms with van der Waals surface area (Å²) in [5, 5.41) is 10.2. The van der Waals surface area contributed by atoms with Gasteiger partial charge in [0.15, 0.2) is 10.3 Å². The molecule has 2 aliphatic rings. The van der Waals surface area contributed by atoms with Crippen molar-refractivity contribution in [2.24, 2.45) is 0 Å². The zero-order chi connectivity index (χ0) is 24.0. The molecule has 2 aromatic heterocycles. The number of thiazole rings is 1. The third kappa shape index (κ3) is 3.68. The van der Waals surface area contributed by atoms with E-state index in [4.69, 9.17) is 19.2 Å². The second-order valence-electron chi connectivity index (χ2n) is 8.90. The van der Waals surface area contributed by atoms with Crippen LogP contribution in [0.5, 0.6) is 11.5 Å². The smallest absolute Gasteiger partial charge is 0.407 e. The molecule has 0 radical (unpaired) electrons. The first-order valence-corrected chi connectivity index (χ1v) is 11.9. The lowest BCUT2D eigenvalue weighted by Crippen LogP contribution is -2.48. The Labute approximate surface area is 199 Å². The van der Waals surface area contributed by atoms with Crippen LogP contribution in [0.25, 0.3) is 10.3 Å². The maximum atomic E-state index is 13.7. The molecule has 2 aliphatic heterocycles. The Morgan fingerprint density at radius 2 is 2.09 bits per heavy atom. The Hall–Kier alpha value is -3.18. The molecule has 1 N–H and O–H groups in total. The molecule has 1 aromatic carbocycles. The van der Waals surface area contributed by atoms with E-state index in [-0.39, 0.29) is 23.7 Å². The van der Waals surface area contributed by atoms with Crippen LogP contribution in [0.1, 0.15) is 42.2 Å². The Morgan fingerprint density at radius 3 is 2.74 bits per heavy atom. The minimum absolute atomic E-state index is 0.247. The molecule has 5 rings (SSSR count). The molecule has 4 heterocycles. The Kier molecular flexibility index (Phi) is 5.68. The molecule has 0 spiro atoms. The van der Waals surface area contributed by atoms with Gasteiger partial charge in [-0.2, -0.15) is 0 Å². The zero-order valence-electron chi connectivity index (χ0n) is 19.2. The van der Waals surface area contributed by atoms with Crippen LogP contribution in [0.4, 0.5) is 4.79 Å². The molecule has 0 unspecified atom stereocenters. The van der Waals surface area contributed by atoms with Gasteiger partial charge in [-0.25, -0.2) is 14.8 Å². The summed E-state index contributed by atoms with van der Waals surface area (Å²) in [6.07, 6.45) is 0.475. The van der Waals surface area contributed by atoms with Crippen LogP contribution in [0, 0.1) is 0 Å². The summed E-state index contributed by atoms with van der Waals surface area (Å²) in [6.45, 7) is 3.66. The van der Waals surface area contributed by atoms with Gasteiger partial charge < -0.3 is 19.3 Å². The number of carboxylic acid groups (broad SMARTS) is 1. The first-order chi connectivity index (χ1) is 16.3.